The summed E-state index contributed by atoms with van der Waals surface area (Å²) in [5.74, 6) is -0.669. The van der Waals surface area contributed by atoms with Crippen LogP contribution in [-0.4, -0.2) is 33.3 Å². The Morgan fingerprint density at radius 2 is 1.58 bits per heavy atom. The molecule has 0 aromatic heterocycles. The monoisotopic (exact) mass is 375 g/mol. The summed E-state index contributed by atoms with van der Waals surface area (Å²) in [6, 6.07) is 11.9. The van der Waals surface area contributed by atoms with E-state index in [4.69, 9.17) is 0 Å². The van der Waals surface area contributed by atoms with E-state index in [0.29, 0.717) is 11.3 Å². The number of nitrogens with one attached hydrogen (secondary N) is 3. The van der Waals surface area contributed by atoms with Crippen LogP contribution in [0.1, 0.15) is 34.6 Å². The van der Waals surface area contributed by atoms with Gasteiger partial charge >= 0.3 is 0 Å². The van der Waals surface area contributed by atoms with Crippen molar-refractivity contribution in [3.8, 4) is 0 Å². The molecule has 0 aliphatic rings. The van der Waals surface area contributed by atoms with E-state index in [1.54, 1.807) is 38.1 Å². The zero-order chi connectivity index (χ0) is 19.3. The molecule has 2 aromatic rings. The van der Waals surface area contributed by atoms with Gasteiger partial charge in [-0.25, -0.2) is 13.1 Å². The second kappa shape index (κ2) is 8.11. The Labute approximate surface area is 152 Å². The summed E-state index contributed by atoms with van der Waals surface area (Å²) >= 11 is 0. The van der Waals surface area contributed by atoms with Gasteiger partial charge in [-0.1, -0.05) is 6.07 Å². The molecule has 0 spiro atoms. The lowest BCUT2D eigenvalue weighted by molar-refractivity contribution is 0.0962. The molecule has 0 heterocycles. The molecule has 0 unspecified atom stereocenters. The number of benzene rings is 2. The number of hydrogen-bond donors (Lipinski definition) is 3. The van der Waals surface area contributed by atoms with Crippen LogP contribution in [0.15, 0.2) is 53.4 Å². The minimum atomic E-state index is -3.68. The van der Waals surface area contributed by atoms with E-state index in [1.807, 2.05) is 0 Å². The number of carbonyl (C=O) groups is 2. The summed E-state index contributed by atoms with van der Waals surface area (Å²) < 4.78 is 26.9. The largest absolute Gasteiger partial charge is 0.355 e. The van der Waals surface area contributed by atoms with Gasteiger partial charge in [-0.2, -0.15) is 0 Å². The first-order valence-electron chi connectivity index (χ1n) is 7.99. The third kappa shape index (κ3) is 4.90. The lowest BCUT2D eigenvalue weighted by Crippen LogP contribution is -2.30. The van der Waals surface area contributed by atoms with Gasteiger partial charge in [0, 0.05) is 29.9 Å². The van der Waals surface area contributed by atoms with Gasteiger partial charge in [0.25, 0.3) is 11.8 Å². The highest BCUT2D eigenvalue weighted by Gasteiger charge is 2.17. The van der Waals surface area contributed by atoms with Crippen LogP contribution in [0.3, 0.4) is 0 Å². The van der Waals surface area contributed by atoms with E-state index in [1.165, 1.54) is 31.3 Å². The average Bonchev–Trinajstić information content (AvgIpc) is 2.60. The summed E-state index contributed by atoms with van der Waals surface area (Å²) in [5.41, 5.74) is 1.18. The van der Waals surface area contributed by atoms with Crippen molar-refractivity contribution in [3.63, 3.8) is 0 Å². The molecular formula is C18H21N3O4S. The molecule has 0 aliphatic carbocycles. The van der Waals surface area contributed by atoms with Crippen molar-refractivity contribution < 1.29 is 18.0 Å². The summed E-state index contributed by atoms with van der Waals surface area (Å²) in [5, 5.41) is 5.19. The SMILES string of the molecule is CNC(=O)c1ccc(NC(=O)c2cccc(S(=O)(=O)NC(C)C)c2)cc1. The number of anilines is 1. The van der Waals surface area contributed by atoms with Crippen molar-refractivity contribution in [2.45, 2.75) is 24.8 Å². The van der Waals surface area contributed by atoms with Crippen molar-refractivity contribution in [1.29, 1.82) is 0 Å². The number of sulfonamides is 1. The van der Waals surface area contributed by atoms with Crippen molar-refractivity contribution in [3.05, 3.63) is 59.7 Å². The normalized spacial score (nSPS) is 11.2. The summed E-state index contributed by atoms with van der Waals surface area (Å²) in [6.07, 6.45) is 0. The fraction of sp³-hybridized carbons (Fsp3) is 0.222. The highest BCUT2D eigenvalue weighted by molar-refractivity contribution is 7.89. The zero-order valence-corrected chi connectivity index (χ0v) is 15.6. The molecule has 0 aliphatic heterocycles. The predicted octanol–water partition coefficient (Wildman–Crippen LogP) is 1.99. The molecule has 0 bridgehead atoms. The molecule has 2 rings (SSSR count). The Bertz CT molecular complexity index is 906. The van der Waals surface area contributed by atoms with Crippen molar-refractivity contribution in [2.24, 2.45) is 0 Å². The third-order valence-electron chi connectivity index (χ3n) is 3.43. The van der Waals surface area contributed by atoms with E-state index in [9.17, 15) is 18.0 Å². The maximum atomic E-state index is 12.4. The molecule has 2 aromatic carbocycles. The van der Waals surface area contributed by atoms with E-state index >= 15 is 0 Å². The lowest BCUT2D eigenvalue weighted by atomic mass is 10.1. The van der Waals surface area contributed by atoms with Crippen LogP contribution in [0.5, 0.6) is 0 Å². The Morgan fingerprint density at radius 3 is 2.15 bits per heavy atom. The molecule has 26 heavy (non-hydrogen) atoms. The number of carbonyl (C=O) groups excluding carboxylic acids is 2. The van der Waals surface area contributed by atoms with Crippen LogP contribution in [-0.2, 0) is 10.0 Å². The lowest BCUT2D eigenvalue weighted by Gasteiger charge is -2.11. The first kappa shape index (κ1) is 19.6. The molecule has 2 amide bonds. The Hall–Kier alpha value is -2.71. The average molecular weight is 375 g/mol. The zero-order valence-electron chi connectivity index (χ0n) is 14.7. The van der Waals surface area contributed by atoms with Crippen LogP contribution < -0.4 is 15.4 Å². The number of amides is 2. The second-order valence-corrected chi connectivity index (χ2v) is 7.63. The number of rotatable bonds is 6. The molecule has 8 heteroatoms. The van der Waals surface area contributed by atoms with E-state index in [0.717, 1.165) is 0 Å². The molecule has 3 N–H and O–H groups in total. The minimum absolute atomic E-state index is 0.0221. The maximum absolute atomic E-state index is 12.4. The topological polar surface area (TPSA) is 104 Å². The Kier molecular flexibility index (Phi) is 6.12. The second-order valence-electron chi connectivity index (χ2n) is 5.91. The smallest absolute Gasteiger partial charge is 0.255 e. The molecule has 0 saturated heterocycles. The van der Waals surface area contributed by atoms with Gasteiger partial charge in [0.15, 0.2) is 0 Å². The van der Waals surface area contributed by atoms with Crippen molar-refractivity contribution in [1.82, 2.24) is 10.0 Å². The maximum Gasteiger partial charge on any atom is 0.255 e. The molecule has 0 fully saturated rings. The fourth-order valence-corrected chi connectivity index (χ4v) is 3.53. The van der Waals surface area contributed by atoms with Crippen molar-refractivity contribution >= 4 is 27.5 Å². The first-order chi connectivity index (χ1) is 12.2. The predicted molar refractivity (Wildman–Crippen MR) is 99.7 cm³/mol. The molecular weight excluding hydrogens is 354 g/mol. The van der Waals surface area contributed by atoms with Crippen LogP contribution in [0.25, 0.3) is 0 Å². The van der Waals surface area contributed by atoms with Gasteiger partial charge < -0.3 is 10.6 Å². The van der Waals surface area contributed by atoms with E-state index in [-0.39, 0.29) is 22.4 Å². The Morgan fingerprint density at radius 1 is 0.923 bits per heavy atom. The molecule has 7 nitrogen and oxygen atoms in total. The van der Waals surface area contributed by atoms with Gasteiger partial charge in [-0.3, -0.25) is 9.59 Å². The highest BCUT2D eigenvalue weighted by Crippen LogP contribution is 2.15. The van der Waals surface area contributed by atoms with E-state index in [2.05, 4.69) is 15.4 Å². The quantitative estimate of drug-likeness (QED) is 0.718. The highest BCUT2D eigenvalue weighted by atomic mass is 32.2. The Balaban J connectivity index is 2.18. The van der Waals surface area contributed by atoms with Gasteiger partial charge in [0.2, 0.25) is 10.0 Å². The standard InChI is InChI=1S/C18H21N3O4S/c1-12(2)21-26(24,25)16-6-4-5-14(11-16)18(23)20-15-9-7-13(8-10-15)17(22)19-3/h4-12,21H,1-3H3,(H,19,22)(H,20,23). The van der Waals surface area contributed by atoms with Gasteiger partial charge in [-0.15, -0.1) is 0 Å². The first-order valence-corrected chi connectivity index (χ1v) is 9.47. The summed E-state index contributed by atoms with van der Waals surface area (Å²) in [7, 11) is -2.15. The van der Waals surface area contributed by atoms with Gasteiger partial charge in [0.1, 0.15) is 0 Å². The molecule has 0 saturated carbocycles. The van der Waals surface area contributed by atoms with Crippen LogP contribution in [0.2, 0.25) is 0 Å². The van der Waals surface area contributed by atoms with Gasteiger partial charge in [0.05, 0.1) is 4.90 Å². The fourth-order valence-electron chi connectivity index (χ4n) is 2.24. The summed E-state index contributed by atoms with van der Waals surface area (Å²) in [6.45, 7) is 3.44. The van der Waals surface area contributed by atoms with Crippen LogP contribution >= 0.6 is 0 Å². The van der Waals surface area contributed by atoms with Crippen LogP contribution in [0, 0.1) is 0 Å². The van der Waals surface area contributed by atoms with E-state index < -0.39 is 15.9 Å². The van der Waals surface area contributed by atoms with Gasteiger partial charge in [-0.05, 0) is 56.3 Å². The minimum Gasteiger partial charge on any atom is -0.355 e. The summed E-state index contributed by atoms with van der Waals surface area (Å²) in [4.78, 5) is 23.9. The number of hydrogen-bond acceptors (Lipinski definition) is 4. The molecule has 138 valence electrons. The van der Waals surface area contributed by atoms with Crippen molar-refractivity contribution in [2.75, 3.05) is 12.4 Å². The van der Waals surface area contributed by atoms with Crippen LogP contribution in [0.4, 0.5) is 5.69 Å². The molecule has 0 radical (unpaired) electrons. The molecule has 0 atom stereocenters. The third-order valence-corrected chi connectivity index (χ3v) is 5.09.